The highest BCUT2D eigenvalue weighted by Gasteiger charge is 2.24. The van der Waals surface area contributed by atoms with Gasteiger partial charge in [-0.1, -0.05) is 6.07 Å². The van der Waals surface area contributed by atoms with Crippen LogP contribution in [0.1, 0.15) is 37.3 Å². The standard InChI is InChI=1S/C23H22N4O4S/c1-15(28)16-4-6-18(7-5-16)26-8-10-27(11-9-26)21-19(23(30)31)13-17(14-24-21)25-22(29)20-3-2-12-32-20/h2-7,12-14H,8-11H2,1H3,(H,25,29)(H,30,31). The van der Waals surface area contributed by atoms with E-state index >= 15 is 0 Å². The van der Waals surface area contributed by atoms with E-state index in [2.05, 4.69) is 15.2 Å². The third kappa shape index (κ3) is 4.62. The quantitative estimate of drug-likeness (QED) is 0.553. The van der Waals surface area contributed by atoms with Gasteiger partial charge in [-0.05, 0) is 48.7 Å². The largest absolute Gasteiger partial charge is 0.478 e. The Hall–Kier alpha value is -3.72. The van der Waals surface area contributed by atoms with Crippen molar-refractivity contribution in [2.24, 2.45) is 0 Å². The van der Waals surface area contributed by atoms with Gasteiger partial charge in [-0.25, -0.2) is 9.78 Å². The number of benzene rings is 1. The molecule has 1 fully saturated rings. The number of aromatic nitrogens is 1. The van der Waals surface area contributed by atoms with Gasteiger partial charge in [-0.15, -0.1) is 11.3 Å². The van der Waals surface area contributed by atoms with Crippen LogP contribution in [0.2, 0.25) is 0 Å². The van der Waals surface area contributed by atoms with E-state index in [0.717, 1.165) is 5.69 Å². The Morgan fingerprint density at radius 3 is 2.31 bits per heavy atom. The van der Waals surface area contributed by atoms with Gasteiger partial charge in [-0.2, -0.15) is 0 Å². The molecule has 1 saturated heterocycles. The van der Waals surface area contributed by atoms with E-state index in [-0.39, 0.29) is 17.3 Å². The Morgan fingerprint density at radius 2 is 1.72 bits per heavy atom. The highest BCUT2D eigenvalue weighted by molar-refractivity contribution is 7.12. The zero-order valence-corrected chi connectivity index (χ0v) is 18.3. The maximum Gasteiger partial charge on any atom is 0.339 e. The van der Waals surface area contributed by atoms with Crippen LogP contribution in [0, 0.1) is 0 Å². The molecule has 4 rings (SSSR count). The average molecular weight is 451 g/mol. The molecule has 32 heavy (non-hydrogen) atoms. The minimum absolute atomic E-state index is 0.0312. The molecule has 0 saturated carbocycles. The average Bonchev–Trinajstić information content (AvgIpc) is 3.34. The first-order chi connectivity index (χ1) is 15.4. The molecule has 0 spiro atoms. The van der Waals surface area contributed by atoms with Gasteiger partial charge in [0.2, 0.25) is 0 Å². The van der Waals surface area contributed by atoms with E-state index in [1.165, 1.54) is 23.6 Å². The summed E-state index contributed by atoms with van der Waals surface area (Å²) in [5.41, 5.74) is 2.09. The summed E-state index contributed by atoms with van der Waals surface area (Å²) in [5, 5.41) is 14.2. The zero-order valence-electron chi connectivity index (χ0n) is 17.4. The number of carbonyl (C=O) groups is 3. The number of nitrogens with one attached hydrogen (secondary N) is 1. The zero-order chi connectivity index (χ0) is 22.7. The third-order valence-electron chi connectivity index (χ3n) is 5.32. The number of piperazine rings is 1. The summed E-state index contributed by atoms with van der Waals surface area (Å²) in [4.78, 5) is 44.6. The molecule has 1 aromatic carbocycles. The maximum atomic E-state index is 12.3. The third-order valence-corrected chi connectivity index (χ3v) is 6.19. The fraction of sp³-hybridized carbons (Fsp3) is 0.217. The van der Waals surface area contributed by atoms with Crippen LogP contribution >= 0.6 is 11.3 Å². The maximum absolute atomic E-state index is 12.3. The van der Waals surface area contributed by atoms with E-state index in [0.29, 0.717) is 48.1 Å². The van der Waals surface area contributed by atoms with Gasteiger partial charge in [0.1, 0.15) is 11.4 Å². The first-order valence-corrected chi connectivity index (χ1v) is 11.0. The Morgan fingerprint density at radius 1 is 1.03 bits per heavy atom. The van der Waals surface area contributed by atoms with Crippen molar-refractivity contribution < 1.29 is 19.5 Å². The monoisotopic (exact) mass is 450 g/mol. The first kappa shape index (κ1) is 21.5. The smallest absolute Gasteiger partial charge is 0.339 e. The molecule has 0 aliphatic carbocycles. The van der Waals surface area contributed by atoms with Gasteiger partial charge in [-0.3, -0.25) is 9.59 Å². The van der Waals surface area contributed by atoms with Gasteiger partial charge >= 0.3 is 5.97 Å². The summed E-state index contributed by atoms with van der Waals surface area (Å²) in [6.07, 6.45) is 1.49. The summed E-state index contributed by atoms with van der Waals surface area (Å²) in [6, 6.07) is 12.4. The number of carbonyl (C=O) groups excluding carboxylic acids is 2. The second-order valence-corrected chi connectivity index (χ2v) is 8.36. The molecule has 1 aliphatic heterocycles. The minimum atomic E-state index is -1.10. The summed E-state index contributed by atoms with van der Waals surface area (Å²) in [5.74, 6) is -0.973. The Balaban J connectivity index is 1.46. The molecule has 164 valence electrons. The van der Waals surface area contributed by atoms with Crippen molar-refractivity contribution >= 4 is 46.2 Å². The molecule has 1 aliphatic rings. The van der Waals surface area contributed by atoms with Crippen molar-refractivity contribution in [1.29, 1.82) is 0 Å². The first-order valence-electron chi connectivity index (χ1n) is 10.1. The molecule has 3 heterocycles. The number of carboxylic acids is 1. The van der Waals surface area contributed by atoms with Gasteiger partial charge in [0.15, 0.2) is 5.78 Å². The number of ketones is 1. The molecule has 0 bridgehead atoms. The van der Waals surface area contributed by atoms with Gasteiger partial charge in [0.25, 0.3) is 5.91 Å². The lowest BCUT2D eigenvalue weighted by Gasteiger charge is -2.37. The van der Waals surface area contributed by atoms with Crippen LogP contribution in [0.15, 0.2) is 54.0 Å². The van der Waals surface area contributed by atoms with E-state index in [4.69, 9.17) is 0 Å². The molecule has 9 heteroatoms. The number of carboxylic acid groups (broad SMARTS) is 1. The number of hydrogen-bond acceptors (Lipinski definition) is 7. The van der Waals surface area contributed by atoms with Gasteiger partial charge < -0.3 is 20.2 Å². The lowest BCUT2D eigenvalue weighted by molar-refractivity contribution is 0.0696. The second kappa shape index (κ2) is 9.19. The van der Waals surface area contributed by atoms with Crippen molar-refractivity contribution in [2.45, 2.75) is 6.92 Å². The number of aromatic carboxylic acids is 1. The van der Waals surface area contributed by atoms with Crippen molar-refractivity contribution in [1.82, 2.24) is 4.98 Å². The molecular formula is C23H22N4O4S. The van der Waals surface area contributed by atoms with Gasteiger partial charge in [0.05, 0.1) is 16.8 Å². The number of rotatable bonds is 6. The van der Waals surface area contributed by atoms with E-state index in [1.807, 2.05) is 29.2 Å². The SMILES string of the molecule is CC(=O)c1ccc(N2CCN(c3ncc(NC(=O)c4cccs4)cc3C(=O)O)CC2)cc1. The van der Waals surface area contributed by atoms with Crippen molar-refractivity contribution in [2.75, 3.05) is 41.3 Å². The van der Waals surface area contributed by atoms with Crippen LogP contribution in [0.25, 0.3) is 0 Å². The van der Waals surface area contributed by atoms with Crippen LogP contribution in [-0.4, -0.2) is 53.9 Å². The van der Waals surface area contributed by atoms with E-state index in [9.17, 15) is 19.5 Å². The number of Topliss-reactive ketones (excluding diaryl/α,β-unsaturated/α-hetero) is 1. The molecule has 1 amide bonds. The van der Waals surface area contributed by atoms with E-state index in [1.54, 1.807) is 24.4 Å². The number of pyridine rings is 1. The summed E-state index contributed by atoms with van der Waals surface area (Å²) in [7, 11) is 0. The van der Waals surface area contributed by atoms with Crippen LogP contribution in [-0.2, 0) is 0 Å². The second-order valence-electron chi connectivity index (χ2n) is 7.41. The van der Waals surface area contributed by atoms with Crippen LogP contribution in [0.5, 0.6) is 0 Å². The molecule has 0 atom stereocenters. The highest BCUT2D eigenvalue weighted by Crippen LogP contribution is 2.25. The molecule has 2 N–H and O–H groups in total. The van der Waals surface area contributed by atoms with Crippen LogP contribution in [0.3, 0.4) is 0 Å². The predicted molar refractivity (Wildman–Crippen MR) is 124 cm³/mol. The summed E-state index contributed by atoms with van der Waals surface area (Å²) < 4.78 is 0. The number of nitrogens with zero attached hydrogens (tertiary/aromatic N) is 3. The molecular weight excluding hydrogens is 428 g/mol. The molecule has 2 aromatic heterocycles. The van der Waals surface area contributed by atoms with Crippen molar-refractivity contribution in [3.63, 3.8) is 0 Å². The topological polar surface area (TPSA) is 103 Å². The molecule has 8 nitrogen and oxygen atoms in total. The summed E-state index contributed by atoms with van der Waals surface area (Å²) >= 11 is 1.31. The molecule has 3 aromatic rings. The fourth-order valence-corrected chi connectivity index (χ4v) is 4.24. The lowest BCUT2D eigenvalue weighted by Crippen LogP contribution is -2.47. The van der Waals surface area contributed by atoms with Crippen LogP contribution in [0.4, 0.5) is 17.2 Å². The number of thiophene rings is 1. The molecule has 0 unspecified atom stereocenters. The van der Waals surface area contributed by atoms with Crippen molar-refractivity contribution in [3.8, 4) is 0 Å². The van der Waals surface area contributed by atoms with E-state index < -0.39 is 5.97 Å². The van der Waals surface area contributed by atoms with Crippen LogP contribution < -0.4 is 15.1 Å². The molecule has 0 radical (unpaired) electrons. The lowest BCUT2D eigenvalue weighted by atomic mass is 10.1. The normalized spacial score (nSPS) is 13.7. The number of hydrogen-bond donors (Lipinski definition) is 2. The van der Waals surface area contributed by atoms with Crippen molar-refractivity contribution in [3.05, 3.63) is 70.0 Å². The Bertz CT molecular complexity index is 1140. The Labute approximate surface area is 189 Å². The Kier molecular flexibility index (Phi) is 6.18. The minimum Gasteiger partial charge on any atom is -0.478 e. The van der Waals surface area contributed by atoms with Gasteiger partial charge in [0, 0.05) is 37.4 Å². The highest BCUT2D eigenvalue weighted by atomic mass is 32.1. The summed E-state index contributed by atoms with van der Waals surface area (Å²) in [6.45, 7) is 4.12. The predicted octanol–water partition coefficient (Wildman–Crippen LogP) is 3.62. The fourth-order valence-electron chi connectivity index (χ4n) is 3.62. The number of amides is 1. The number of anilines is 3.